The number of aromatic nitrogens is 4. The van der Waals surface area contributed by atoms with Gasteiger partial charge in [0.25, 0.3) is 0 Å². The second-order valence-electron chi connectivity index (χ2n) is 4.90. The first-order chi connectivity index (χ1) is 11.6. The van der Waals surface area contributed by atoms with Crippen LogP contribution in [-0.4, -0.2) is 57.1 Å². The molecule has 0 aliphatic heterocycles. The monoisotopic (exact) mass is 360 g/mol. The van der Waals surface area contributed by atoms with Gasteiger partial charge in [-0.05, 0) is 20.0 Å². The largest absolute Gasteiger partial charge is 0.490 e. The summed E-state index contributed by atoms with van der Waals surface area (Å²) in [5.74, 6) is -2.11. The molecule has 3 N–H and O–H groups in total. The molecule has 2 aromatic heterocycles. The summed E-state index contributed by atoms with van der Waals surface area (Å²) in [4.78, 5) is 17.6. The zero-order valence-corrected chi connectivity index (χ0v) is 13.9. The summed E-state index contributed by atoms with van der Waals surface area (Å²) >= 11 is 0. The summed E-state index contributed by atoms with van der Waals surface area (Å²) in [6, 6.07) is 1.90. The Hall–Kier alpha value is -2.69. The molecule has 0 fully saturated rings. The summed E-state index contributed by atoms with van der Waals surface area (Å²) in [7, 11) is 3.82. The maximum Gasteiger partial charge on any atom is 0.490 e. The van der Waals surface area contributed by atoms with Crippen molar-refractivity contribution < 1.29 is 23.1 Å². The number of anilines is 1. The van der Waals surface area contributed by atoms with Crippen LogP contribution in [0.5, 0.6) is 0 Å². The van der Waals surface area contributed by atoms with Gasteiger partial charge in [-0.1, -0.05) is 0 Å². The number of halogens is 3. The Bertz CT molecular complexity index is 702. The van der Waals surface area contributed by atoms with E-state index in [1.807, 2.05) is 33.3 Å². The van der Waals surface area contributed by atoms with Crippen LogP contribution in [0.15, 0.2) is 18.5 Å². The van der Waals surface area contributed by atoms with Crippen LogP contribution in [0.1, 0.15) is 5.69 Å². The number of alkyl halides is 3. The summed E-state index contributed by atoms with van der Waals surface area (Å²) < 4.78 is 33.5. The number of hydrogen-bond acceptors (Lipinski definition) is 6. The van der Waals surface area contributed by atoms with Crippen molar-refractivity contribution in [3.63, 3.8) is 0 Å². The first kappa shape index (κ1) is 20.4. The fraction of sp³-hybridized carbons (Fsp3) is 0.429. The van der Waals surface area contributed by atoms with Gasteiger partial charge in [0, 0.05) is 38.1 Å². The number of likely N-dealkylation sites (N-methyl/N-ethyl adjacent to an activating group) is 1. The Morgan fingerprint density at radius 3 is 2.48 bits per heavy atom. The Balaban J connectivity index is 0.000000381. The van der Waals surface area contributed by atoms with Crippen molar-refractivity contribution in [3.05, 3.63) is 24.2 Å². The van der Waals surface area contributed by atoms with Crippen LogP contribution in [0.2, 0.25) is 0 Å². The lowest BCUT2D eigenvalue weighted by molar-refractivity contribution is -0.192. The summed E-state index contributed by atoms with van der Waals surface area (Å²) in [6.07, 6.45) is -1.36. The van der Waals surface area contributed by atoms with Gasteiger partial charge in [-0.15, -0.1) is 0 Å². The fourth-order valence-electron chi connectivity index (χ4n) is 1.74. The minimum absolute atomic E-state index is 0.644. The Kier molecular flexibility index (Phi) is 7.30. The highest BCUT2D eigenvalue weighted by Crippen LogP contribution is 2.20. The minimum atomic E-state index is -5.08. The Labute approximate surface area is 142 Å². The number of carboxylic acids is 1. The molecule has 0 unspecified atom stereocenters. The molecule has 8 nitrogen and oxygen atoms in total. The van der Waals surface area contributed by atoms with E-state index in [0.717, 1.165) is 30.0 Å². The van der Waals surface area contributed by atoms with Crippen LogP contribution in [0.25, 0.3) is 11.3 Å². The first-order valence-electron chi connectivity index (χ1n) is 7.17. The van der Waals surface area contributed by atoms with E-state index in [-0.39, 0.29) is 0 Å². The molecule has 0 amide bonds. The van der Waals surface area contributed by atoms with E-state index in [2.05, 4.69) is 25.7 Å². The molecule has 2 rings (SSSR count). The second kappa shape index (κ2) is 8.97. The Morgan fingerprint density at radius 2 is 2.00 bits per heavy atom. The molecule has 0 bridgehead atoms. The van der Waals surface area contributed by atoms with Crippen molar-refractivity contribution in [2.75, 3.05) is 25.5 Å². The number of aryl methyl sites for hydroxylation is 2. The minimum Gasteiger partial charge on any atom is -0.475 e. The van der Waals surface area contributed by atoms with Crippen molar-refractivity contribution in [2.24, 2.45) is 7.05 Å². The molecule has 0 atom stereocenters. The lowest BCUT2D eigenvalue weighted by Gasteiger charge is -2.05. The number of nitrogens with one attached hydrogen (secondary N) is 2. The van der Waals surface area contributed by atoms with Crippen molar-refractivity contribution in [1.82, 2.24) is 25.1 Å². The topological polar surface area (TPSA) is 105 Å². The number of aliphatic carboxylic acids is 1. The van der Waals surface area contributed by atoms with E-state index in [1.54, 1.807) is 10.9 Å². The summed E-state index contributed by atoms with van der Waals surface area (Å²) in [5, 5.41) is 17.7. The normalized spacial score (nSPS) is 10.8. The number of rotatable bonds is 5. The average molecular weight is 360 g/mol. The molecule has 0 aromatic carbocycles. The number of carboxylic acid groups (broad SMARTS) is 1. The standard InChI is InChI=1S/C12H18N6.C2HF3O2/c1-9-10(8-18(3)17-9)11-4-5-14-12(16-11)15-7-6-13-2;3-2(4,5)1(6)7/h4-5,8,13H,6-7H2,1-3H3,(H,14,15,16);(H,6,7). The van der Waals surface area contributed by atoms with E-state index < -0.39 is 12.1 Å². The SMILES string of the molecule is CNCCNc1nccc(-c2cn(C)nc2C)n1.O=C(O)C(F)(F)F. The highest BCUT2D eigenvalue weighted by Gasteiger charge is 2.38. The lowest BCUT2D eigenvalue weighted by atomic mass is 10.2. The average Bonchev–Trinajstić information content (AvgIpc) is 2.86. The summed E-state index contributed by atoms with van der Waals surface area (Å²) in [5.41, 5.74) is 2.90. The smallest absolute Gasteiger partial charge is 0.475 e. The number of carbonyl (C=O) groups is 1. The van der Waals surface area contributed by atoms with Crippen molar-refractivity contribution in [1.29, 1.82) is 0 Å². The number of nitrogens with zero attached hydrogens (tertiary/aromatic N) is 4. The zero-order chi connectivity index (χ0) is 19.0. The maximum absolute atomic E-state index is 10.6. The van der Waals surface area contributed by atoms with Gasteiger partial charge in [-0.2, -0.15) is 18.3 Å². The van der Waals surface area contributed by atoms with Crippen LogP contribution in [0.4, 0.5) is 19.1 Å². The van der Waals surface area contributed by atoms with E-state index in [4.69, 9.17) is 9.90 Å². The Morgan fingerprint density at radius 1 is 1.36 bits per heavy atom. The third-order valence-corrected chi connectivity index (χ3v) is 2.85. The van der Waals surface area contributed by atoms with Crippen LogP contribution < -0.4 is 10.6 Å². The van der Waals surface area contributed by atoms with Gasteiger partial charge in [0.1, 0.15) is 0 Å². The number of hydrogen-bond donors (Lipinski definition) is 3. The van der Waals surface area contributed by atoms with Crippen LogP contribution in [0.3, 0.4) is 0 Å². The second-order valence-corrected chi connectivity index (χ2v) is 4.90. The highest BCUT2D eigenvalue weighted by molar-refractivity contribution is 5.73. The fourth-order valence-corrected chi connectivity index (χ4v) is 1.74. The highest BCUT2D eigenvalue weighted by atomic mass is 19.4. The molecule has 0 spiro atoms. The molecule has 0 aliphatic carbocycles. The van der Waals surface area contributed by atoms with Gasteiger partial charge < -0.3 is 15.7 Å². The molecular weight excluding hydrogens is 341 g/mol. The maximum atomic E-state index is 10.6. The van der Waals surface area contributed by atoms with Gasteiger partial charge in [0.15, 0.2) is 0 Å². The predicted octanol–water partition coefficient (Wildman–Crippen LogP) is 1.45. The van der Waals surface area contributed by atoms with Crippen molar-refractivity contribution in [2.45, 2.75) is 13.1 Å². The lowest BCUT2D eigenvalue weighted by Crippen LogP contribution is -2.21. The first-order valence-corrected chi connectivity index (χ1v) is 7.17. The molecule has 0 saturated heterocycles. The van der Waals surface area contributed by atoms with Crippen molar-refractivity contribution in [3.8, 4) is 11.3 Å². The molecule has 11 heteroatoms. The van der Waals surface area contributed by atoms with E-state index in [1.165, 1.54) is 0 Å². The third-order valence-electron chi connectivity index (χ3n) is 2.85. The van der Waals surface area contributed by atoms with E-state index in [9.17, 15) is 13.2 Å². The molecule has 25 heavy (non-hydrogen) atoms. The molecule has 0 aliphatic rings. The van der Waals surface area contributed by atoms with E-state index >= 15 is 0 Å². The van der Waals surface area contributed by atoms with E-state index in [0.29, 0.717) is 5.95 Å². The molecule has 0 saturated carbocycles. The van der Waals surface area contributed by atoms with Gasteiger partial charge in [0.05, 0.1) is 11.4 Å². The van der Waals surface area contributed by atoms with Crippen LogP contribution >= 0.6 is 0 Å². The van der Waals surface area contributed by atoms with Crippen molar-refractivity contribution >= 4 is 11.9 Å². The summed E-state index contributed by atoms with van der Waals surface area (Å²) in [6.45, 7) is 3.65. The van der Waals surface area contributed by atoms with Crippen LogP contribution in [0, 0.1) is 6.92 Å². The van der Waals surface area contributed by atoms with Gasteiger partial charge in [-0.3, -0.25) is 4.68 Å². The van der Waals surface area contributed by atoms with Gasteiger partial charge in [-0.25, -0.2) is 14.8 Å². The molecule has 2 aromatic rings. The third kappa shape index (κ3) is 6.75. The quantitative estimate of drug-likeness (QED) is 0.693. The predicted molar refractivity (Wildman–Crippen MR) is 85.1 cm³/mol. The molecule has 0 radical (unpaired) electrons. The van der Waals surface area contributed by atoms with Crippen LogP contribution in [-0.2, 0) is 11.8 Å². The molecular formula is C14H19F3N6O2. The zero-order valence-electron chi connectivity index (χ0n) is 13.9. The molecule has 2 heterocycles. The molecule has 138 valence electrons. The van der Waals surface area contributed by atoms with Gasteiger partial charge >= 0.3 is 12.1 Å². The van der Waals surface area contributed by atoms with Gasteiger partial charge in [0.2, 0.25) is 5.95 Å².